The molecular weight excluding hydrogens is 258 g/mol. The molecule has 1 fully saturated rings. The monoisotopic (exact) mass is 285 g/mol. The van der Waals surface area contributed by atoms with Crippen LogP contribution in [0.4, 0.5) is 0 Å². The van der Waals surface area contributed by atoms with Crippen LogP contribution in [0.5, 0.6) is 0 Å². The molecule has 0 aromatic carbocycles. The lowest BCUT2D eigenvalue weighted by Crippen LogP contribution is -2.55. The Morgan fingerprint density at radius 2 is 2.21 bits per heavy atom. The van der Waals surface area contributed by atoms with Gasteiger partial charge in [-0.1, -0.05) is 38.4 Å². The van der Waals surface area contributed by atoms with Gasteiger partial charge in [0, 0.05) is 6.54 Å². The zero-order valence-electron chi connectivity index (χ0n) is 12.2. The molecule has 1 aliphatic rings. The minimum absolute atomic E-state index is 0.0835. The third kappa shape index (κ3) is 5.07. The fraction of sp³-hybridized carbons (Fsp3) is 0.857. The van der Waals surface area contributed by atoms with E-state index in [9.17, 15) is 4.79 Å². The molecule has 0 aromatic heterocycles. The minimum Gasteiger partial charge on any atom is -0.392 e. The van der Waals surface area contributed by atoms with E-state index in [1.165, 1.54) is 6.42 Å². The van der Waals surface area contributed by atoms with Crippen molar-refractivity contribution in [3.63, 3.8) is 0 Å². The fourth-order valence-electron chi connectivity index (χ4n) is 2.61. The fourth-order valence-corrected chi connectivity index (χ4v) is 2.86. The Hall–Kier alpha value is -0.680. The maximum atomic E-state index is 12.1. The van der Waals surface area contributed by atoms with E-state index in [0.717, 1.165) is 45.2 Å². The summed E-state index contributed by atoms with van der Waals surface area (Å²) in [5.41, 5.74) is 5.79. The second-order valence-electron chi connectivity index (χ2n) is 5.33. The number of hydrogen-bond donors (Lipinski definition) is 2. The van der Waals surface area contributed by atoms with Gasteiger partial charge in [-0.15, -0.1) is 0 Å². The molecule has 110 valence electrons. The summed E-state index contributed by atoms with van der Waals surface area (Å²) in [6.07, 6.45) is 6.61. The molecule has 1 saturated heterocycles. The first-order chi connectivity index (χ1) is 9.07. The Labute approximate surface area is 122 Å². The van der Waals surface area contributed by atoms with Gasteiger partial charge in [0.05, 0.1) is 17.1 Å². The first-order valence-electron chi connectivity index (χ1n) is 7.40. The number of nitrogens with one attached hydrogen (secondary N) is 1. The van der Waals surface area contributed by atoms with Gasteiger partial charge >= 0.3 is 0 Å². The van der Waals surface area contributed by atoms with Crippen LogP contribution in [0, 0.1) is 0 Å². The third-order valence-electron chi connectivity index (χ3n) is 3.83. The van der Waals surface area contributed by atoms with E-state index in [1.54, 1.807) is 0 Å². The van der Waals surface area contributed by atoms with E-state index in [1.807, 2.05) is 6.92 Å². The molecule has 0 radical (unpaired) electrons. The Bertz CT molecular complexity index is 309. The Morgan fingerprint density at radius 3 is 2.84 bits per heavy atom. The van der Waals surface area contributed by atoms with Crippen LogP contribution in [0.1, 0.15) is 52.4 Å². The van der Waals surface area contributed by atoms with Crippen molar-refractivity contribution in [1.29, 1.82) is 0 Å². The van der Waals surface area contributed by atoms with Crippen molar-refractivity contribution >= 4 is 23.1 Å². The van der Waals surface area contributed by atoms with Gasteiger partial charge in [0.2, 0.25) is 5.91 Å². The number of nitrogens with zero attached hydrogens (tertiary/aromatic N) is 1. The van der Waals surface area contributed by atoms with Crippen LogP contribution in [0.2, 0.25) is 0 Å². The first kappa shape index (κ1) is 16.4. The van der Waals surface area contributed by atoms with Crippen molar-refractivity contribution in [1.82, 2.24) is 10.2 Å². The number of carbonyl (C=O) groups excluding carboxylic acids is 1. The minimum atomic E-state index is -0.145. The van der Waals surface area contributed by atoms with Gasteiger partial charge in [-0.25, -0.2) is 0 Å². The largest absolute Gasteiger partial charge is 0.392 e. The molecule has 0 aliphatic carbocycles. The van der Waals surface area contributed by atoms with Gasteiger partial charge in [0.15, 0.2) is 0 Å². The van der Waals surface area contributed by atoms with Gasteiger partial charge in [0.1, 0.15) is 0 Å². The molecule has 2 atom stereocenters. The predicted octanol–water partition coefficient (Wildman–Crippen LogP) is 1.82. The average molecular weight is 285 g/mol. The highest BCUT2D eigenvalue weighted by Crippen LogP contribution is 2.20. The van der Waals surface area contributed by atoms with E-state index < -0.39 is 0 Å². The molecule has 1 amide bonds. The zero-order valence-corrected chi connectivity index (χ0v) is 13.0. The number of piperidine rings is 1. The number of unbranched alkanes of at least 4 members (excludes halogenated alkanes) is 2. The Kier molecular flexibility index (Phi) is 7.31. The average Bonchev–Trinajstić information content (AvgIpc) is 2.42. The highest BCUT2D eigenvalue weighted by atomic mass is 32.1. The summed E-state index contributed by atoms with van der Waals surface area (Å²) >= 11 is 5.12. The number of thiocarbonyl (C=S) groups is 1. The maximum absolute atomic E-state index is 12.1. The molecule has 1 rings (SSSR count). The molecule has 0 bridgehead atoms. The van der Waals surface area contributed by atoms with Crippen LogP contribution >= 0.6 is 12.2 Å². The molecule has 0 spiro atoms. The molecule has 0 aromatic rings. The molecule has 1 aliphatic heterocycles. The summed E-state index contributed by atoms with van der Waals surface area (Å²) in [6, 6.07) is -0.0615. The number of hydrogen-bond acceptors (Lipinski definition) is 3. The van der Waals surface area contributed by atoms with Crippen molar-refractivity contribution in [3.8, 4) is 0 Å². The van der Waals surface area contributed by atoms with Gasteiger partial charge < -0.3 is 11.1 Å². The van der Waals surface area contributed by atoms with Crippen molar-refractivity contribution < 1.29 is 4.79 Å². The number of carbonyl (C=O) groups is 1. The van der Waals surface area contributed by atoms with E-state index in [0.29, 0.717) is 4.99 Å². The summed E-state index contributed by atoms with van der Waals surface area (Å²) in [4.78, 5) is 14.8. The number of nitrogens with two attached hydrogens (primary N) is 1. The van der Waals surface area contributed by atoms with Crippen LogP contribution in [0.15, 0.2) is 0 Å². The van der Waals surface area contributed by atoms with E-state index >= 15 is 0 Å². The summed E-state index contributed by atoms with van der Waals surface area (Å²) in [6.45, 7) is 5.78. The van der Waals surface area contributed by atoms with Crippen LogP contribution in [0.25, 0.3) is 0 Å². The number of amides is 1. The summed E-state index contributed by atoms with van der Waals surface area (Å²) in [5.74, 6) is 0.0965. The van der Waals surface area contributed by atoms with Crippen molar-refractivity contribution in [3.05, 3.63) is 0 Å². The Morgan fingerprint density at radius 1 is 1.47 bits per heavy atom. The number of rotatable bonds is 7. The molecule has 0 saturated carbocycles. The van der Waals surface area contributed by atoms with Gasteiger partial charge in [-0.2, -0.15) is 0 Å². The highest BCUT2D eigenvalue weighted by molar-refractivity contribution is 7.80. The van der Waals surface area contributed by atoms with Crippen LogP contribution < -0.4 is 11.1 Å². The van der Waals surface area contributed by atoms with E-state index in [-0.39, 0.29) is 18.0 Å². The molecule has 5 heteroatoms. The highest BCUT2D eigenvalue weighted by Gasteiger charge is 2.31. The predicted molar refractivity (Wildman–Crippen MR) is 83.1 cm³/mol. The normalized spacial score (nSPS) is 21.9. The van der Waals surface area contributed by atoms with Crippen molar-refractivity contribution in [2.75, 3.05) is 13.1 Å². The SMILES string of the molecule is CCCCCNC(=O)C(C)N1CCCCC1C(N)=S. The summed E-state index contributed by atoms with van der Waals surface area (Å²) < 4.78 is 0. The summed E-state index contributed by atoms with van der Waals surface area (Å²) in [5, 5.41) is 3.01. The lowest BCUT2D eigenvalue weighted by Gasteiger charge is -2.38. The maximum Gasteiger partial charge on any atom is 0.237 e. The van der Waals surface area contributed by atoms with E-state index in [2.05, 4.69) is 17.1 Å². The topological polar surface area (TPSA) is 58.4 Å². The summed E-state index contributed by atoms with van der Waals surface area (Å²) in [7, 11) is 0. The molecule has 1 heterocycles. The molecule has 2 unspecified atom stereocenters. The quantitative estimate of drug-likeness (QED) is 0.553. The standard InChI is InChI=1S/C14H27N3OS/c1-3-4-6-9-16-14(18)11(2)17-10-7-5-8-12(17)13(15)19/h11-12H,3-10H2,1-2H3,(H2,15,19)(H,16,18). The molecular formula is C14H27N3OS. The van der Waals surface area contributed by atoms with Crippen molar-refractivity contribution in [2.24, 2.45) is 5.73 Å². The lowest BCUT2D eigenvalue weighted by atomic mass is 10.00. The van der Waals surface area contributed by atoms with Gasteiger partial charge in [-0.3, -0.25) is 9.69 Å². The third-order valence-corrected chi connectivity index (χ3v) is 4.10. The van der Waals surface area contributed by atoms with Crippen LogP contribution in [-0.2, 0) is 4.79 Å². The Balaban J connectivity index is 2.46. The number of likely N-dealkylation sites (tertiary alicyclic amines) is 1. The molecule has 19 heavy (non-hydrogen) atoms. The van der Waals surface area contributed by atoms with E-state index in [4.69, 9.17) is 18.0 Å². The van der Waals surface area contributed by atoms with Gasteiger partial charge in [0.25, 0.3) is 0 Å². The molecule has 4 nitrogen and oxygen atoms in total. The van der Waals surface area contributed by atoms with Gasteiger partial charge in [-0.05, 0) is 32.7 Å². The van der Waals surface area contributed by atoms with Crippen molar-refractivity contribution in [2.45, 2.75) is 64.5 Å². The van der Waals surface area contributed by atoms with Crippen LogP contribution in [0.3, 0.4) is 0 Å². The zero-order chi connectivity index (χ0) is 14.3. The second-order valence-corrected chi connectivity index (χ2v) is 5.80. The second kappa shape index (κ2) is 8.48. The first-order valence-corrected chi connectivity index (χ1v) is 7.81. The molecule has 3 N–H and O–H groups in total. The van der Waals surface area contributed by atoms with Crippen LogP contribution in [-0.4, -0.2) is 41.0 Å². The smallest absolute Gasteiger partial charge is 0.237 e. The lowest BCUT2D eigenvalue weighted by molar-refractivity contribution is -0.126.